The van der Waals surface area contributed by atoms with E-state index in [0.717, 1.165) is 23.3 Å². The first-order valence-electron chi connectivity index (χ1n) is 11.2. The molecule has 0 atom stereocenters. The van der Waals surface area contributed by atoms with E-state index in [0.29, 0.717) is 40.0 Å². The van der Waals surface area contributed by atoms with E-state index in [-0.39, 0.29) is 12.6 Å². The van der Waals surface area contributed by atoms with Crippen molar-refractivity contribution in [3.05, 3.63) is 82.2 Å². The van der Waals surface area contributed by atoms with Crippen LogP contribution in [0.3, 0.4) is 0 Å². The SMILES string of the molecule is CCCCOC(=O)c1ccc(NC(=S)Nc2sc(Cc3ccccc3)cc2C(=O)OCC)cc1. The molecule has 3 rings (SSSR count). The fourth-order valence-corrected chi connectivity index (χ4v) is 4.49. The summed E-state index contributed by atoms with van der Waals surface area (Å²) in [5.41, 5.74) is 2.79. The first-order chi connectivity index (χ1) is 16.5. The molecule has 0 bridgehead atoms. The number of unbranched alkanes of at least 4 members (excludes halogenated alkanes) is 1. The highest BCUT2D eigenvalue weighted by atomic mass is 32.1. The van der Waals surface area contributed by atoms with E-state index in [1.165, 1.54) is 11.3 Å². The number of hydrogen-bond acceptors (Lipinski definition) is 6. The quantitative estimate of drug-likeness (QED) is 0.194. The third-order valence-corrected chi connectivity index (χ3v) is 6.09. The molecule has 2 N–H and O–H groups in total. The van der Waals surface area contributed by atoms with E-state index in [1.54, 1.807) is 31.2 Å². The molecule has 0 saturated carbocycles. The van der Waals surface area contributed by atoms with Crippen LogP contribution in [0.2, 0.25) is 0 Å². The van der Waals surface area contributed by atoms with Gasteiger partial charge in [0.1, 0.15) is 5.00 Å². The molecule has 0 aliphatic carbocycles. The number of carbonyl (C=O) groups excluding carboxylic acids is 2. The van der Waals surface area contributed by atoms with Gasteiger partial charge in [-0.2, -0.15) is 0 Å². The van der Waals surface area contributed by atoms with E-state index in [1.807, 2.05) is 43.3 Å². The lowest BCUT2D eigenvalue weighted by Gasteiger charge is -2.11. The van der Waals surface area contributed by atoms with Crippen LogP contribution in [0.1, 0.15) is 57.8 Å². The number of carbonyl (C=O) groups is 2. The minimum absolute atomic E-state index is 0.290. The van der Waals surface area contributed by atoms with Gasteiger partial charge in [0.05, 0.1) is 24.3 Å². The molecule has 34 heavy (non-hydrogen) atoms. The number of benzene rings is 2. The Morgan fingerprint density at radius 1 is 0.941 bits per heavy atom. The summed E-state index contributed by atoms with van der Waals surface area (Å²) in [6.07, 6.45) is 2.51. The lowest BCUT2D eigenvalue weighted by Crippen LogP contribution is -2.20. The highest BCUT2D eigenvalue weighted by molar-refractivity contribution is 7.80. The molecular weight excluding hydrogens is 468 g/mol. The molecule has 0 fully saturated rings. The van der Waals surface area contributed by atoms with Gasteiger partial charge in [0.25, 0.3) is 0 Å². The molecule has 0 radical (unpaired) electrons. The molecule has 2 aromatic carbocycles. The van der Waals surface area contributed by atoms with Gasteiger partial charge in [-0.15, -0.1) is 11.3 Å². The summed E-state index contributed by atoms with van der Waals surface area (Å²) in [4.78, 5) is 25.6. The standard InChI is InChI=1S/C26H28N2O4S2/c1-3-5-15-32-24(29)19-11-13-20(14-12-19)27-26(33)28-23-22(25(30)31-4-2)17-21(34-23)16-18-9-7-6-8-10-18/h6-14,17H,3-5,15-16H2,1-2H3,(H2,27,28,33). The van der Waals surface area contributed by atoms with Gasteiger partial charge in [-0.1, -0.05) is 43.7 Å². The highest BCUT2D eigenvalue weighted by Gasteiger charge is 2.18. The average Bonchev–Trinajstić information content (AvgIpc) is 3.22. The zero-order valence-electron chi connectivity index (χ0n) is 19.3. The summed E-state index contributed by atoms with van der Waals surface area (Å²) in [7, 11) is 0. The molecule has 0 spiro atoms. The molecule has 0 saturated heterocycles. The number of thiophene rings is 1. The van der Waals surface area contributed by atoms with Crippen LogP contribution in [0.25, 0.3) is 0 Å². The molecule has 0 amide bonds. The molecule has 0 unspecified atom stereocenters. The Hall–Kier alpha value is -3.23. The van der Waals surface area contributed by atoms with Gasteiger partial charge in [0.15, 0.2) is 5.11 Å². The average molecular weight is 497 g/mol. The number of ether oxygens (including phenoxy) is 2. The Balaban J connectivity index is 1.67. The van der Waals surface area contributed by atoms with Crippen molar-refractivity contribution in [2.45, 2.75) is 33.1 Å². The maximum atomic E-state index is 12.5. The number of nitrogens with one attached hydrogen (secondary N) is 2. The molecule has 0 aliphatic rings. The van der Waals surface area contributed by atoms with Crippen molar-refractivity contribution in [1.82, 2.24) is 0 Å². The molecule has 1 aromatic heterocycles. The van der Waals surface area contributed by atoms with Crippen molar-refractivity contribution in [3.8, 4) is 0 Å². The Bertz CT molecular complexity index is 1110. The second kappa shape index (κ2) is 12.9. The number of anilines is 2. The van der Waals surface area contributed by atoms with Gasteiger partial charge < -0.3 is 20.1 Å². The Labute approximate surface area is 209 Å². The number of hydrogen-bond donors (Lipinski definition) is 2. The van der Waals surface area contributed by atoms with Crippen LogP contribution < -0.4 is 10.6 Å². The van der Waals surface area contributed by atoms with Crippen LogP contribution in [0.15, 0.2) is 60.7 Å². The Morgan fingerprint density at radius 2 is 1.68 bits per heavy atom. The molecule has 6 nitrogen and oxygen atoms in total. The zero-order chi connectivity index (χ0) is 24.3. The first kappa shape index (κ1) is 25.4. The third-order valence-electron chi connectivity index (χ3n) is 4.84. The summed E-state index contributed by atoms with van der Waals surface area (Å²) < 4.78 is 10.5. The molecule has 8 heteroatoms. The smallest absolute Gasteiger partial charge is 0.341 e. The van der Waals surface area contributed by atoms with Gasteiger partial charge in [-0.25, -0.2) is 9.59 Å². The van der Waals surface area contributed by atoms with Crippen molar-refractivity contribution in [2.24, 2.45) is 0 Å². The van der Waals surface area contributed by atoms with Gasteiger partial charge >= 0.3 is 11.9 Å². The third kappa shape index (κ3) is 7.40. The van der Waals surface area contributed by atoms with E-state index in [2.05, 4.69) is 10.6 Å². The zero-order valence-corrected chi connectivity index (χ0v) is 20.9. The van der Waals surface area contributed by atoms with Crippen molar-refractivity contribution >= 4 is 51.3 Å². The fraction of sp³-hybridized carbons (Fsp3) is 0.269. The molecule has 0 aliphatic heterocycles. The van der Waals surface area contributed by atoms with E-state index in [9.17, 15) is 9.59 Å². The summed E-state index contributed by atoms with van der Waals surface area (Å²) in [6, 6.07) is 18.8. The lowest BCUT2D eigenvalue weighted by atomic mass is 10.1. The molecule has 178 valence electrons. The Morgan fingerprint density at radius 3 is 2.35 bits per heavy atom. The largest absolute Gasteiger partial charge is 0.462 e. The minimum atomic E-state index is -0.394. The van der Waals surface area contributed by atoms with Gasteiger partial charge in [0.2, 0.25) is 0 Å². The van der Waals surface area contributed by atoms with Crippen LogP contribution >= 0.6 is 23.6 Å². The predicted octanol–water partition coefficient (Wildman–Crippen LogP) is 6.28. The number of thiocarbonyl (C=S) groups is 1. The van der Waals surface area contributed by atoms with Crippen molar-refractivity contribution in [1.29, 1.82) is 0 Å². The fourth-order valence-electron chi connectivity index (χ4n) is 3.13. The number of esters is 2. The van der Waals surface area contributed by atoms with Gasteiger partial charge in [-0.05, 0) is 61.5 Å². The van der Waals surface area contributed by atoms with Crippen molar-refractivity contribution in [2.75, 3.05) is 23.8 Å². The topological polar surface area (TPSA) is 76.7 Å². The summed E-state index contributed by atoms with van der Waals surface area (Å²) in [6.45, 7) is 4.52. The first-order valence-corrected chi connectivity index (χ1v) is 12.4. The van der Waals surface area contributed by atoms with E-state index in [4.69, 9.17) is 21.7 Å². The second-order valence-electron chi connectivity index (χ2n) is 7.48. The summed E-state index contributed by atoms with van der Waals surface area (Å²) in [5, 5.41) is 7.16. The van der Waals surface area contributed by atoms with Gasteiger partial charge in [0, 0.05) is 17.0 Å². The van der Waals surface area contributed by atoms with Crippen LogP contribution in [0.4, 0.5) is 10.7 Å². The normalized spacial score (nSPS) is 10.4. The second-order valence-corrected chi connectivity index (χ2v) is 9.03. The summed E-state index contributed by atoms with van der Waals surface area (Å²) in [5.74, 6) is -0.737. The van der Waals surface area contributed by atoms with E-state index >= 15 is 0 Å². The monoisotopic (exact) mass is 496 g/mol. The van der Waals surface area contributed by atoms with Crippen molar-refractivity contribution < 1.29 is 19.1 Å². The van der Waals surface area contributed by atoms with Crippen LogP contribution in [0, 0.1) is 0 Å². The van der Waals surface area contributed by atoms with E-state index < -0.39 is 5.97 Å². The van der Waals surface area contributed by atoms with Crippen LogP contribution in [0.5, 0.6) is 0 Å². The molecule has 3 aromatic rings. The maximum absolute atomic E-state index is 12.5. The lowest BCUT2D eigenvalue weighted by molar-refractivity contribution is 0.0497. The predicted molar refractivity (Wildman–Crippen MR) is 141 cm³/mol. The summed E-state index contributed by atoms with van der Waals surface area (Å²) >= 11 is 6.93. The Kier molecular flexibility index (Phi) is 9.61. The van der Waals surface area contributed by atoms with Crippen LogP contribution in [-0.2, 0) is 15.9 Å². The van der Waals surface area contributed by atoms with Crippen LogP contribution in [-0.4, -0.2) is 30.3 Å². The van der Waals surface area contributed by atoms with Crippen molar-refractivity contribution in [3.63, 3.8) is 0 Å². The minimum Gasteiger partial charge on any atom is -0.462 e. The molecule has 1 heterocycles. The maximum Gasteiger partial charge on any atom is 0.341 e. The number of rotatable bonds is 10. The van der Waals surface area contributed by atoms with Gasteiger partial charge in [-0.3, -0.25) is 0 Å². The molecular formula is C26H28N2O4S2. The highest BCUT2D eigenvalue weighted by Crippen LogP contribution is 2.31.